The molecule has 1 N–H and O–H groups in total. The lowest BCUT2D eigenvalue weighted by atomic mass is 9.61. The van der Waals surface area contributed by atoms with E-state index in [1.165, 1.54) is 15.0 Å². The number of hydrogen-bond acceptors (Lipinski definition) is 6. The molecule has 3 atom stereocenters. The summed E-state index contributed by atoms with van der Waals surface area (Å²) in [6, 6.07) is 36.3. The molecule has 0 aromatic heterocycles. The van der Waals surface area contributed by atoms with Crippen LogP contribution in [0.1, 0.15) is 13.8 Å². The standard InChI is InChI=1S/C35H29N7O3/c1-23-29(32(43)40(37-23)26-17-9-4-10-18-26)35(24(2)38-42(34(35)45)28-21-13-6-14-22-28)30-31(36-25-15-7-3-8-16-25)39-41(33(30)44)27-19-11-5-12-20-27/h3-22,29-30H,1-2H3,(H,36,39)/t29-,30-,35+/m1/s1. The molecule has 0 bridgehead atoms. The van der Waals surface area contributed by atoms with Crippen molar-refractivity contribution in [3.8, 4) is 0 Å². The summed E-state index contributed by atoms with van der Waals surface area (Å²) in [7, 11) is 0. The molecule has 1 saturated heterocycles. The predicted molar refractivity (Wildman–Crippen MR) is 174 cm³/mol. The number of nitrogens with one attached hydrogen (secondary N) is 1. The molecule has 4 aromatic rings. The van der Waals surface area contributed by atoms with Crippen molar-refractivity contribution >= 4 is 57.7 Å². The molecule has 3 aliphatic rings. The van der Waals surface area contributed by atoms with Crippen LogP contribution in [0, 0.1) is 17.3 Å². The first-order valence-corrected chi connectivity index (χ1v) is 14.6. The number of aliphatic imine (C=N–C) groups is 1. The molecule has 3 aliphatic heterocycles. The van der Waals surface area contributed by atoms with E-state index in [4.69, 9.17) is 10.1 Å². The fourth-order valence-corrected chi connectivity index (χ4v) is 6.42. The van der Waals surface area contributed by atoms with Gasteiger partial charge < -0.3 is 0 Å². The van der Waals surface area contributed by atoms with Gasteiger partial charge in [-0.2, -0.15) is 15.2 Å². The van der Waals surface area contributed by atoms with Crippen LogP contribution in [0.2, 0.25) is 0 Å². The van der Waals surface area contributed by atoms with Crippen LogP contribution in [0.25, 0.3) is 0 Å². The Balaban J connectivity index is 1.45. The molecular formula is C35H29N7O3. The molecule has 0 unspecified atom stereocenters. The van der Waals surface area contributed by atoms with Gasteiger partial charge in [0.05, 0.1) is 28.5 Å². The molecule has 45 heavy (non-hydrogen) atoms. The van der Waals surface area contributed by atoms with Gasteiger partial charge in [-0.05, 0) is 62.4 Å². The van der Waals surface area contributed by atoms with Crippen LogP contribution in [0.3, 0.4) is 0 Å². The van der Waals surface area contributed by atoms with Crippen molar-refractivity contribution in [1.29, 1.82) is 0 Å². The monoisotopic (exact) mass is 595 g/mol. The van der Waals surface area contributed by atoms with Crippen LogP contribution in [0.15, 0.2) is 137 Å². The quantitative estimate of drug-likeness (QED) is 0.325. The van der Waals surface area contributed by atoms with Crippen LogP contribution in [-0.2, 0) is 14.4 Å². The number of nitrogens with zero attached hydrogens (tertiary/aromatic N) is 6. The van der Waals surface area contributed by atoms with Crippen molar-refractivity contribution in [2.24, 2.45) is 32.4 Å². The van der Waals surface area contributed by atoms with Gasteiger partial charge in [0.1, 0.15) is 23.1 Å². The summed E-state index contributed by atoms with van der Waals surface area (Å²) in [5, 5.41) is 13.4. The highest BCUT2D eigenvalue weighted by Gasteiger charge is 2.69. The highest BCUT2D eigenvalue weighted by atomic mass is 16.2. The number of hydrogen-bond donors (Lipinski definition) is 1. The lowest BCUT2D eigenvalue weighted by molar-refractivity contribution is -0.136. The molecule has 0 saturated carbocycles. The second-order valence-corrected chi connectivity index (χ2v) is 11.1. The molecule has 222 valence electrons. The number of amidine groups is 1. The SMILES string of the molecule is CC1=NN(c2ccccc2)C(=O)[C@@H]1[C@@]1([C@H]2C(=O)N(c3ccccc3)NC2=Nc2ccccc2)C(=O)N(c2ccccc2)N=C1C. The van der Waals surface area contributed by atoms with Gasteiger partial charge in [0.2, 0.25) is 0 Å². The number of benzene rings is 4. The van der Waals surface area contributed by atoms with Crippen LogP contribution < -0.4 is 20.5 Å². The average molecular weight is 596 g/mol. The Labute approximate surface area is 260 Å². The fraction of sp³-hybridized carbons (Fsp3) is 0.143. The molecule has 0 radical (unpaired) electrons. The zero-order chi connectivity index (χ0) is 31.1. The highest BCUT2D eigenvalue weighted by molar-refractivity contribution is 6.34. The predicted octanol–water partition coefficient (Wildman–Crippen LogP) is 5.33. The number of amides is 3. The summed E-state index contributed by atoms with van der Waals surface area (Å²) in [6.45, 7) is 3.42. The molecule has 3 amide bonds. The van der Waals surface area contributed by atoms with Crippen LogP contribution in [0.4, 0.5) is 22.7 Å². The Kier molecular flexibility index (Phi) is 6.81. The minimum absolute atomic E-state index is 0.228. The van der Waals surface area contributed by atoms with Crippen molar-refractivity contribution in [3.63, 3.8) is 0 Å². The van der Waals surface area contributed by atoms with Gasteiger partial charge in [0, 0.05) is 5.71 Å². The van der Waals surface area contributed by atoms with Crippen LogP contribution in [0.5, 0.6) is 0 Å². The Bertz CT molecular complexity index is 1880. The summed E-state index contributed by atoms with van der Waals surface area (Å²) in [5.41, 5.74) is 4.33. The first kappa shape index (κ1) is 27.9. The topological polar surface area (TPSA) is 110 Å². The molecule has 3 heterocycles. The minimum atomic E-state index is -1.79. The Morgan fingerprint density at radius 1 is 0.622 bits per heavy atom. The van der Waals surface area contributed by atoms with E-state index in [9.17, 15) is 9.59 Å². The maximum Gasteiger partial charge on any atom is 0.261 e. The van der Waals surface area contributed by atoms with Gasteiger partial charge >= 0.3 is 0 Å². The molecular weight excluding hydrogens is 566 g/mol. The number of rotatable bonds is 6. The second-order valence-electron chi connectivity index (χ2n) is 11.1. The number of hydrazone groups is 2. The molecule has 7 rings (SSSR count). The van der Waals surface area contributed by atoms with E-state index >= 15 is 4.79 Å². The smallest absolute Gasteiger partial charge is 0.261 e. The van der Waals surface area contributed by atoms with Gasteiger partial charge in [-0.1, -0.05) is 72.8 Å². The first-order chi connectivity index (χ1) is 21.9. The van der Waals surface area contributed by atoms with Gasteiger partial charge in [0.15, 0.2) is 0 Å². The largest absolute Gasteiger partial charge is 0.277 e. The normalized spacial score (nSPS) is 23.9. The minimum Gasteiger partial charge on any atom is -0.277 e. The highest BCUT2D eigenvalue weighted by Crippen LogP contribution is 2.51. The lowest BCUT2D eigenvalue weighted by Gasteiger charge is -2.36. The average Bonchev–Trinajstić information content (AvgIpc) is 3.66. The number of anilines is 3. The Morgan fingerprint density at radius 3 is 1.71 bits per heavy atom. The van der Waals surface area contributed by atoms with Gasteiger partial charge in [-0.15, -0.1) is 0 Å². The third-order valence-corrected chi connectivity index (χ3v) is 8.43. The maximum atomic E-state index is 15.1. The van der Waals surface area contributed by atoms with Crippen molar-refractivity contribution < 1.29 is 14.4 Å². The first-order valence-electron chi connectivity index (χ1n) is 14.6. The van der Waals surface area contributed by atoms with E-state index < -0.39 is 35.0 Å². The van der Waals surface area contributed by atoms with Crippen molar-refractivity contribution in [1.82, 2.24) is 5.43 Å². The van der Waals surface area contributed by atoms with E-state index in [0.717, 1.165) is 0 Å². The summed E-state index contributed by atoms with van der Waals surface area (Å²) >= 11 is 0. The molecule has 4 aromatic carbocycles. The zero-order valence-electron chi connectivity index (χ0n) is 24.6. The third-order valence-electron chi connectivity index (χ3n) is 8.43. The van der Waals surface area contributed by atoms with Crippen molar-refractivity contribution in [2.45, 2.75) is 13.8 Å². The second kappa shape index (κ2) is 11.0. The summed E-state index contributed by atoms with van der Waals surface area (Å²) in [6.07, 6.45) is 0. The van der Waals surface area contributed by atoms with Crippen molar-refractivity contribution in [3.05, 3.63) is 121 Å². The van der Waals surface area contributed by atoms with E-state index in [1.54, 1.807) is 62.4 Å². The molecule has 0 spiro atoms. The van der Waals surface area contributed by atoms with E-state index in [1.807, 2.05) is 72.8 Å². The lowest BCUT2D eigenvalue weighted by Crippen LogP contribution is -2.58. The Hall–Kier alpha value is -5.90. The van der Waals surface area contributed by atoms with Crippen molar-refractivity contribution in [2.75, 3.05) is 15.0 Å². The summed E-state index contributed by atoms with van der Waals surface area (Å²) < 4.78 is 0. The van der Waals surface area contributed by atoms with Gasteiger partial charge in [-0.25, -0.2) is 15.0 Å². The molecule has 10 nitrogen and oxygen atoms in total. The Morgan fingerprint density at radius 2 is 1.13 bits per heavy atom. The number of para-hydroxylation sites is 4. The number of carbonyl (C=O) groups excluding carboxylic acids is 3. The molecule has 10 heteroatoms. The van der Waals surface area contributed by atoms with Crippen LogP contribution >= 0.6 is 0 Å². The van der Waals surface area contributed by atoms with Gasteiger partial charge in [-0.3, -0.25) is 19.8 Å². The van der Waals surface area contributed by atoms with E-state index in [0.29, 0.717) is 34.2 Å². The number of carbonyl (C=O) groups is 3. The molecule has 0 aliphatic carbocycles. The fourth-order valence-electron chi connectivity index (χ4n) is 6.42. The number of hydrazine groups is 1. The third kappa shape index (κ3) is 4.41. The summed E-state index contributed by atoms with van der Waals surface area (Å²) in [4.78, 5) is 49.2. The van der Waals surface area contributed by atoms with E-state index in [-0.39, 0.29) is 5.84 Å². The maximum absolute atomic E-state index is 15.1. The van der Waals surface area contributed by atoms with Crippen LogP contribution in [-0.4, -0.2) is 35.0 Å². The molecule has 1 fully saturated rings. The van der Waals surface area contributed by atoms with Gasteiger partial charge in [0.25, 0.3) is 17.7 Å². The zero-order valence-corrected chi connectivity index (χ0v) is 24.6. The van der Waals surface area contributed by atoms with E-state index in [2.05, 4.69) is 10.5 Å². The summed E-state index contributed by atoms with van der Waals surface area (Å²) in [5.74, 6) is -3.53.